The van der Waals surface area contributed by atoms with Crippen LogP contribution in [0, 0.1) is 13.8 Å². The summed E-state index contributed by atoms with van der Waals surface area (Å²) >= 11 is 0. The third-order valence-corrected chi connectivity index (χ3v) is 4.36. The van der Waals surface area contributed by atoms with Crippen LogP contribution < -0.4 is 9.46 Å². The van der Waals surface area contributed by atoms with E-state index in [-0.39, 0.29) is 5.69 Å². The van der Waals surface area contributed by atoms with E-state index < -0.39 is 15.5 Å². The first kappa shape index (κ1) is 18.1. The standard InChI is InChI=1S/C14H16F3N3O3S/c1-4-20-10(3)13(9(2)18-20)23-12-7-5-11(6-8-12)19-24(21,22)14(15,16)17/h5-8,19H,4H2,1-3H3. The summed E-state index contributed by atoms with van der Waals surface area (Å²) in [6.07, 6.45) is 0. The number of hydrogen-bond acceptors (Lipinski definition) is 4. The lowest BCUT2D eigenvalue weighted by Crippen LogP contribution is -2.29. The van der Waals surface area contributed by atoms with Gasteiger partial charge in [-0.2, -0.15) is 26.7 Å². The number of benzene rings is 1. The van der Waals surface area contributed by atoms with E-state index in [9.17, 15) is 21.6 Å². The number of rotatable bonds is 5. The Labute approximate surface area is 137 Å². The second-order valence-corrected chi connectivity index (χ2v) is 6.67. The lowest BCUT2D eigenvalue weighted by atomic mass is 10.3. The minimum absolute atomic E-state index is 0.211. The Morgan fingerprint density at radius 2 is 1.79 bits per heavy atom. The van der Waals surface area contributed by atoms with Crippen LogP contribution in [0.5, 0.6) is 11.5 Å². The van der Waals surface area contributed by atoms with Gasteiger partial charge < -0.3 is 4.74 Å². The van der Waals surface area contributed by atoms with Crippen LogP contribution in [0.15, 0.2) is 24.3 Å². The highest BCUT2D eigenvalue weighted by Gasteiger charge is 2.46. The fourth-order valence-electron chi connectivity index (χ4n) is 2.06. The number of nitrogens with one attached hydrogen (secondary N) is 1. The predicted molar refractivity (Wildman–Crippen MR) is 82.5 cm³/mol. The van der Waals surface area contributed by atoms with E-state index in [0.717, 1.165) is 5.69 Å². The van der Waals surface area contributed by atoms with Crippen molar-refractivity contribution in [1.82, 2.24) is 9.78 Å². The Bertz CT molecular complexity index is 827. The van der Waals surface area contributed by atoms with Crippen LogP contribution in [-0.4, -0.2) is 23.7 Å². The number of anilines is 1. The van der Waals surface area contributed by atoms with Gasteiger partial charge in [0.25, 0.3) is 0 Å². The van der Waals surface area contributed by atoms with E-state index >= 15 is 0 Å². The number of sulfonamides is 1. The molecule has 10 heteroatoms. The molecule has 6 nitrogen and oxygen atoms in total. The number of ether oxygens (including phenoxy) is 1. The first-order chi connectivity index (χ1) is 11.0. The molecule has 0 saturated carbocycles. The molecule has 0 aliphatic carbocycles. The quantitative estimate of drug-likeness (QED) is 0.881. The van der Waals surface area contributed by atoms with Crippen molar-refractivity contribution < 1.29 is 26.3 Å². The molecule has 0 saturated heterocycles. The Hall–Kier alpha value is -2.23. The number of aryl methyl sites for hydroxylation is 2. The average Bonchev–Trinajstić information content (AvgIpc) is 2.75. The molecule has 0 aliphatic heterocycles. The molecule has 24 heavy (non-hydrogen) atoms. The van der Waals surface area contributed by atoms with Gasteiger partial charge in [0.15, 0.2) is 5.75 Å². The Kier molecular flexibility index (Phi) is 4.79. The molecule has 1 aromatic heterocycles. The van der Waals surface area contributed by atoms with E-state index in [4.69, 9.17) is 4.74 Å². The number of nitrogens with zero attached hydrogens (tertiary/aromatic N) is 2. The zero-order chi connectivity index (χ0) is 18.1. The molecule has 0 amide bonds. The van der Waals surface area contributed by atoms with Gasteiger partial charge in [0, 0.05) is 12.2 Å². The smallest absolute Gasteiger partial charge is 0.453 e. The van der Waals surface area contributed by atoms with Crippen molar-refractivity contribution in [3.05, 3.63) is 35.7 Å². The largest absolute Gasteiger partial charge is 0.516 e. The van der Waals surface area contributed by atoms with Gasteiger partial charge in [0.2, 0.25) is 0 Å². The van der Waals surface area contributed by atoms with Crippen molar-refractivity contribution in [2.75, 3.05) is 4.72 Å². The van der Waals surface area contributed by atoms with Crippen LogP contribution in [0.3, 0.4) is 0 Å². The molecular weight excluding hydrogens is 347 g/mol. The molecule has 1 aromatic carbocycles. The van der Waals surface area contributed by atoms with Gasteiger partial charge in [-0.1, -0.05) is 0 Å². The second-order valence-electron chi connectivity index (χ2n) is 4.99. The summed E-state index contributed by atoms with van der Waals surface area (Å²) in [7, 11) is -5.44. The summed E-state index contributed by atoms with van der Waals surface area (Å²) in [5, 5.41) is 4.29. The molecule has 0 atom stereocenters. The molecule has 2 aromatic rings. The fraction of sp³-hybridized carbons (Fsp3) is 0.357. The van der Waals surface area contributed by atoms with Crippen molar-refractivity contribution >= 4 is 15.7 Å². The molecule has 2 rings (SSSR count). The van der Waals surface area contributed by atoms with Crippen LogP contribution >= 0.6 is 0 Å². The Morgan fingerprint density at radius 1 is 1.21 bits per heavy atom. The van der Waals surface area contributed by atoms with Gasteiger partial charge in [-0.3, -0.25) is 9.40 Å². The lowest BCUT2D eigenvalue weighted by molar-refractivity contribution is -0.0429. The molecule has 0 radical (unpaired) electrons. The van der Waals surface area contributed by atoms with Gasteiger partial charge in [-0.15, -0.1) is 0 Å². The van der Waals surface area contributed by atoms with Crippen molar-refractivity contribution in [3.63, 3.8) is 0 Å². The van der Waals surface area contributed by atoms with Crippen LogP contribution in [0.4, 0.5) is 18.9 Å². The van der Waals surface area contributed by atoms with Crippen LogP contribution in [0.2, 0.25) is 0 Å². The van der Waals surface area contributed by atoms with Gasteiger partial charge in [0.05, 0.1) is 5.69 Å². The maximum atomic E-state index is 12.3. The third kappa shape index (κ3) is 3.64. The summed E-state index contributed by atoms with van der Waals surface area (Å²) in [5.74, 6) is 0.910. The van der Waals surface area contributed by atoms with Gasteiger partial charge >= 0.3 is 15.5 Å². The Morgan fingerprint density at radius 3 is 2.25 bits per heavy atom. The van der Waals surface area contributed by atoms with Crippen molar-refractivity contribution in [3.8, 4) is 11.5 Å². The Balaban J connectivity index is 2.18. The van der Waals surface area contributed by atoms with Crippen LogP contribution in [-0.2, 0) is 16.6 Å². The summed E-state index contributed by atoms with van der Waals surface area (Å²) < 4.78 is 68.0. The summed E-state index contributed by atoms with van der Waals surface area (Å²) in [4.78, 5) is 0. The third-order valence-electron chi connectivity index (χ3n) is 3.25. The minimum Gasteiger partial charge on any atom is -0.453 e. The van der Waals surface area contributed by atoms with E-state index in [1.165, 1.54) is 29.0 Å². The van der Waals surface area contributed by atoms with E-state index in [0.29, 0.717) is 23.7 Å². The summed E-state index contributed by atoms with van der Waals surface area (Å²) in [6.45, 7) is 6.23. The van der Waals surface area contributed by atoms with Gasteiger partial charge in [-0.05, 0) is 45.0 Å². The molecule has 132 valence electrons. The van der Waals surface area contributed by atoms with E-state index in [2.05, 4.69) is 5.10 Å². The number of halogens is 3. The molecule has 0 fully saturated rings. The average molecular weight is 363 g/mol. The number of alkyl halides is 3. The predicted octanol–water partition coefficient (Wildman–Crippen LogP) is 3.57. The summed E-state index contributed by atoms with van der Waals surface area (Å²) in [6, 6.07) is 5.12. The van der Waals surface area contributed by atoms with Crippen molar-refractivity contribution in [1.29, 1.82) is 0 Å². The number of hydrogen-bond donors (Lipinski definition) is 1. The lowest BCUT2D eigenvalue weighted by Gasteiger charge is -2.11. The van der Waals surface area contributed by atoms with E-state index in [1.807, 2.05) is 13.8 Å². The number of aromatic nitrogens is 2. The zero-order valence-corrected chi connectivity index (χ0v) is 14.0. The topological polar surface area (TPSA) is 73.2 Å². The van der Waals surface area contributed by atoms with Crippen molar-refractivity contribution in [2.24, 2.45) is 0 Å². The second kappa shape index (κ2) is 6.34. The highest BCUT2D eigenvalue weighted by molar-refractivity contribution is 7.93. The first-order valence-corrected chi connectivity index (χ1v) is 8.44. The molecule has 1 N–H and O–H groups in total. The molecule has 0 unspecified atom stereocenters. The van der Waals surface area contributed by atoms with Gasteiger partial charge in [0.1, 0.15) is 11.4 Å². The first-order valence-electron chi connectivity index (χ1n) is 6.96. The molecule has 1 heterocycles. The monoisotopic (exact) mass is 363 g/mol. The van der Waals surface area contributed by atoms with Crippen LogP contribution in [0.25, 0.3) is 0 Å². The summed E-state index contributed by atoms with van der Waals surface area (Å²) in [5.41, 5.74) is -4.09. The normalized spacial score (nSPS) is 12.2. The SMILES string of the molecule is CCn1nc(C)c(Oc2ccc(NS(=O)(=O)C(F)(F)F)cc2)c1C. The highest BCUT2D eigenvalue weighted by Crippen LogP contribution is 2.30. The fourth-order valence-corrected chi connectivity index (χ4v) is 2.62. The zero-order valence-electron chi connectivity index (χ0n) is 13.2. The van der Waals surface area contributed by atoms with Crippen LogP contribution in [0.1, 0.15) is 18.3 Å². The van der Waals surface area contributed by atoms with Gasteiger partial charge in [-0.25, -0.2) is 0 Å². The maximum absolute atomic E-state index is 12.3. The van der Waals surface area contributed by atoms with Crippen molar-refractivity contribution in [2.45, 2.75) is 32.8 Å². The molecule has 0 spiro atoms. The molecule has 0 aliphatic rings. The maximum Gasteiger partial charge on any atom is 0.516 e. The molecule has 0 bridgehead atoms. The highest BCUT2D eigenvalue weighted by atomic mass is 32.2. The molecular formula is C14H16F3N3O3S. The van der Waals surface area contributed by atoms with E-state index in [1.54, 1.807) is 11.6 Å². The minimum atomic E-state index is -5.44.